The second-order valence-electron chi connectivity index (χ2n) is 6.57. The van der Waals surface area contributed by atoms with Gasteiger partial charge in [0.1, 0.15) is 0 Å². The molecule has 0 aliphatic carbocycles. The van der Waals surface area contributed by atoms with Crippen molar-refractivity contribution in [2.24, 2.45) is 0 Å². The minimum atomic E-state index is 0.748. The van der Waals surface area contributed by atoms with Crippen LogP contribution in [0.3, 0.4) is 0 Å². The highest BCUT2D eigenvalue weighted by atomic mass is 16.5. The first-order valence-electron chi connectivity index (χ1n) is 10.0. The molecule has 24 heavy (non-hydrogen) atoms. The Morgan fingerprint density at radius 1 is 0.708 bits per heavy atom. The largest absolute Gasteiger partial charge is 0.377 e. The van der Waals surface area contributed by atoms with E-state index in [0.29, 0.717) is 0 Å². The highest BCUT2D eigenvalue weighted by Gasteiger charge is 1.94. The normalized spacial score (nSPS) is 10.4. The van der Waals surface area contributed by atoms with Crippen LogP contribution in [0.5, 0.6) is 0 Å². The summed E-state index contributed by atoms with van der Waals surface area (Å²) in [6, 6.07) is 10.4. The summed E-state index contributed by atoms with van der Waals surface area (Å²) >= 11 is 0. The van der Waals surface area contributed by atoms with E-state index in [4.69, 9.17) is 4.74 Å². The van der Waals surface area contributed by atoms with Gasteiger partial charge in [-0.2, -0.15) is 0 Å². The molecule has 0 atom stereocenters. The van der Waals surface area contributed by atoms with E-state index in [9.17, 15) is 0 Å². The van der Waals surface area contributed by atoms with E-state index in [0.717, 1.165) is 26.1 Å². The van der Waals surface area contributed by atoms with Crippen LogP contribution < -0.4 is 0 Å². The molecule has 0 bridgehead atoms. The van der Waals surface area contributed by atoms with Crippen LogP contribution in [0.4, 0.5) is 0 Å². The number of hydrogen-bond donors (Lipinski definition) is 0. The summed E-state index contributed by atoms with van der Waals surface area (Å²) < 4.78 is 5.71. The third-order valence-electron chi connectivity index (χ3n) is 4.23. The van der Waals surface area contributed by atoms with Crippen molar-refractivity contribution < 1.29 is 4.74 Å². The Morgan fingerprint density at radius 3 is 1.96 bits per heavy atom. The van der Waals surface area contributed by atoms with E-state index in [1.54, 1.807) is 0 Å². The molecule has 0 fully saturated rings. The molecule has 0 N–H and O–H groups in total. The van der Waals surface area contributed by atoms with Crippen molar-refractivity contribution in [1.29, 1.82) is 0 Å². The van der Waals surface area contributed by atoms with Crippen LogP contribution in [-0.2, 0) is 11.3 Å². The van der Waals surface area contributed by atoms with Gasteiger partial charge in [-0.1, -0.05) is 82.2 Å². The molecule has 1 heteroatoms. The van der Waals surface area contributed by atoms with Crippen molar-refractivity contribution >= 4 is 0 Å². The van der Waals surface area contributed by atoms with Gasteiger partial charge < -0.3 is 4.74 Å². The smallest absolute Gasteiger partial charge is 0.0716 e. The Balaban J connectivity index is 1.77. The summed E-state index contributed by atoms with van der Waals surface area (Å²) in [6.45, 7) is 3.89. The molecule has 0 unspecified atom stereocenters. The zero-order valence-corrected chi connectivity index (χ0v) is 15.7. The van der Waals surface area contributed by atoms with Gasteiger partial charge in [0.2, 0.25) is 0 Å². The van der Waals surface area contributed by atoms with E-state index in [1.165, 1.54) is 69.8 Å². The van der Waals surface area contributed by atoms with Crippen LogP contribution in [-0.4, -0.2) is 6.61 Å². The molecule has 1 aromatic rings. The molecule has 0 spiro atoms. The van der Waals surface area contributed by atoms with Crippen molar-refractivity contribution in [3.05, 3.63) is 35.9 Å². The molecule has 0 aromatic heterocycles. The first-order valence-corrected chi connectivity index (χ1v) is 10.0. The zero-order valence-electron chi connectivity index (χ0n) is 15.7. The highest BCUT2D eigenvalue weighted by molar-refractivity contribution is 5.13. The van der Waals surface area contributed by atoms with E-state index in [2.05, 4.69) is 43.0 Å². The average molecular weight is 329 g/mol. The molecule has 0 amide bonds. The van der Waals surface area contributed by atoms with E-state index < -0.39 is 0 Å². The SMILES string of the molecule is CCCCCCC#CCCCCCCCCOCc1ccccc1. The molecule has 0 radical (unpaired) electrons. The van der Waals surface area contributed by atoms with Crippen LogP contribution in [0.2, 0.25) is 0 Å². The highest BCUT2D eigenvalue weighted by Crippen LogP contribution is 2.08. The molecular weight excluding hydrogens is 292 g/mol. The van der Waals surface area contributed by atoms with E-state index in [-0.39, 0.29) is 0 Å². The van der Waals surface area contributed by atoms with Crippen molar-refractivity contribution in [2.45, 2.75) is 90.6 Å². The predicted octanol–water partition coefficient (Wildman–Crippen LogP) is 6.91. The van der Waals surface area contributed by atoms with Gasteiger partial charge >= 0.3 is 0 Å². The lowest BCUT2D eigenvalue weighted by atomic mass is 10.1. The molecule has 0 saturated carbocycles. The Labute approximate surface area is 150 Å². The number of benzene rings is 1. The van der Waals surface area contributed by atoms with Gasteiger partial charge in [-0.15, -0.1) is 11.8 Å². The topological polar surface area (TPSA) is 9.23 Å². The Bertz CT molecular complexity index is 426. The molecule has 1 rings (SSSR count). The number of hydrogen-bond acceptors (Lipinski definition) is 1. The molecule has 0 heterocycles. The monoisotopic (exact) mass is 328 g/mol. The molecule has 0 aliphatic rings. The van der Waals surface area contributed by atoms with Gasteiger partial charge in [0.15, 0.2) is 0 Å². The summed E-state index contributed by atoms with van der Waals surface area (Å²) in [6.07, 6.45) is 15.2. The maximum absolute atomic E-state index is 5.71. The van der Waals surface area contributed by atoms with Crippen LogP contribution in [0.1, 0.15) is 89.5 Å². The van der Waals surface area contributed by atoms with Crippen LogP contribution >= 0.6 is 0 Å². The fourth-order valence-corrected chi connectivity index (χ4v) is 2.71. The number of rotatable bonds is 14. The summed E-state index contributed by atoms with van der Waals surface area (Å²) in [5.74, 6) is 6.64. The Hall–Kier alpha value is -1.26. The second kappa shape index (κ2) is 16.6. The van der Waals surface area contributed by atoms with Crippen molar-refractivity contribution in [3.63, 3.8) is 0 Å². The van der Waals surface area contributed by atoms with E-state index in [1.807, 2.05) is 6.07 Å². The molecule has 1 aromatic carbocycles. The third kappa shape index (κ3) is 13.2. The standard InChI is InChI=1S/C23H36O/c1-2-3-4-5-6-7-8-9-10-11-12-13-14-18-21-24-22-23-19-16-15-17-20-23/h15-17,19-20H,2-6,9-14,18,21-22H2,1H3. The zero-order chi connectivity index (χ0) is 17.1. The number of unbranched alkanes of at least 4 members (excludes halogenated alkanes) is 10. The van der Waals surface area contributed by atoms with Crippen LogP contribution in [0.15, 0.2) is 30.3 Å². The quantitative estimate of drug-likeness (QED) is 0.266. The molecular formula is C23H36O. The predicted molar refractivity (Wildman–Crippen MR) is 105 cm³/mol. The van der Waals surface area contributed by atoms with Gasteiger partial charge in [0.05, 0.1) is 6.61 Å². The summed E-state index contributed by atoms with van der Waals surface area (Å²) in [5, 5.41) is 0. The van der Waals surface area contributed by atoms with Gasteiger partial charge in [-0.25, -0.2) is 0 Å². The molecule has 0 aliphatic heterocycles. The van der Waals surface area contributed by atoms with Crippen molar-refractivity contribution in [1.82, 2.24) is 0 Å². The summed E-state index contributed by atoms with van der Waals surface area (Å²) in [4.78, 5) is 0. The fourth-order valence-electron chi connectivity index (χ4n) is 2.71. The lowest BCUT2D eigenvalue weighted by molar-refractivity contribution is 0.116. The van der Waals surface area contributed by atoms with Crippen LogP contribution in [0, 0.1) is 11.8 Å². The Kier molecular flexibility index (Phi) is 14.4. The fraction of sp³-hybridized carbons (Fsp3) is 0.652. The molecule has 134 valence electrons. The lowest BCUT2D eigenvalue weighted by Gasteiger charge is -2.04. The lowest BCUT2D eigenvalue weighted by Crippen LogP contribution is -1.95. The minimum Gasteiger partial charge on any atom is -0.377 e. The summed E-state index contributed by atoms with van der Waals surface area (Å²) in [7, 11) is 0. The first kappa shape index (κ1) is 20.8. The number of ether oxygens (including phenoxy) is 1. The molecule has 0 saturated heterocycles. The minimum absolute atomic E-state index is 0.748. The van der Waals surface area contributed by atoms with Gasteiger partial charge in [-0.05, 0) is 24.8 Å². The van der Waals surface area contributed by atoms with Gasteiger partial charge in [0.25, 0.3) is 0 Å². The second-order valence-corrected chi connectivity index (χ2v) is 6.57. The molecule has 1 nitrogen and oxygen atoms in total. The third-order valence-corrected chi connectivity index (χ3v) is 4.23. The van der Waals surface area contributed by atoms with E-state index >= 15 is 0 Å². The maximum atomic E-state index is 5.71. The summed E-state index contributed by atoms with van der Waals surface area (Å²) in [5.41, 5.74) is 1.27. The Morgan fingerprint density at radius 2 is 1.29 bits per heavy atom. The first-order chi connectivity index (χ1) is 11.9. The van der Waals surface area contributed by atoms with Crippen molar-refractivity contribution in [3.8, 4) is 11.8 Å². The van der Waals surface area contributed by atoms with Gasteiger partial charge in [-0.3, -0.25) is 0 Å². The average Bonchev–Trinajstić information content (AvgIpc) is 2.62. The van der Waals surface area contributed by atoms with Crippen molar-refractivity contribution in [2.75, 3.05) is 6.61 Å². The van der Waals surface area contributed by atoms with Crippen LogP contribution in [0.25, 0.3) is 0 Å². The van der Waals surface area contributed by atoms with Gasteiger partial charge in [0, 0.05) is 19.4 Å². The maximum Gasteiger partial charge on any atom is 0.0716 e.